The number of nitrogens with zero attached hydrogens (tertiary/aromatic N) is 1. The molecule has 0 aliphatic heterocycles. The predicted octanol–water partition coefficient (Wildman–Crippen LogP) is 2.79. The molecule has 4 N–H and O–H groups in total. The summed E-state index contributed by atoms with van der Waals surface area (Å²) in [5.74, 6) is 5.89. The molecule has 28 heavy (non-hydrogen) atoms. The zero-order valence-corrected chi connectivity index (χ0v) is 15.9. The lowest BCUT2D eigenvalue weighted by atomic mass is 9.87. The molecule has 0 amide bonds. The van der Waals surface area contributed by atoms with Crippen LogP contribution in [0.3, 0.4) is 0 Å². The summed E-state index contributed by atoms with van der Waals surface area (Å²) < 4.78 is 5.79. The standard InChI is InChI=1S/C22H25N3O3/c1-2-25(24)22-18-11-6-5-10-17(18)19(28-20(27)12-7-13-26)14-15-8-3-4-9-16(15)21(22)23/h3-6,8-11,13,19H,2,7,12,14,23-24H2,1H3/b22-21-. The highest BCUT2D eigenvalue weighted by Crippen LogP contribution is 2.37. The van der Waals surface area contributed by atoms with Crippen LogP contribution in [-0.4, -0.2) is 23.8 Å². The third-order valence-electron chi connectivity index (χ3n) is 4.90. The van der Waals surface area contributed by atoms with Crippen molar-refractivity contribution in [2.24, 2.45) is 11.6 Å². The van der Waals surface area contributed by atoms with E-state index in [1.807, 2.05) is 55.5 Å². The first-order chi connectivity index (χ1) is 13.6. The number of aldehydes is 1. The van der Waals surface area contributed by atoms with Crippen molar-refractivity contribution in [1.29, 1.82) is 0 Å². The number of carbonyl (C=O) groups excluding carboxylic acids is 2. The van der Waals surface area contributed by atoms with Crippen molar-refractivity contribution in [3.8, 4) is 0 Å². The van der Waals surface area contributed by atoms with E-state index in [1.54, 1.807) is 5.01 Å². The third kappa shape index (κ3) is 3.92. The molecule has 1 unspecified atom stereocenters. The molecule has 146 valence electrons. The third-order valence-corrected chi connectivity index (χ3v) is 4.90. The van der Waals surface area contributed by atoms with E-state index in [1.165, 1.54) is 0 Å². The minimum Gasteiger partial charge on any atom is -0.457 e. The van der Waals surface area contributed by atoms with Gasteiger partial charge in [-0.15, -0.1) is 0 Å². The van der Waals surface area contributed by atoms with E-state index in [2.05, 4.69) is 0 Å². The molecule has 1 aliphatic carbocycles. The van der Waals surface area contributed by atoms with Gasteiger partial charge < -0.3 is 20.3 Å². The minimum absolute atomic E-state index is 0.0621. The molecular formula is C22H25N3O3. The molecule has 1 aliphatic rings. The highest BCUT2D eigenvalue weighted by Gasteiger charge is 2.28. The normalized spacial score (nSPS) is 18.3. The number of hydrazine groups is 1. The Kier molecular flexibility index (Phi) is 6.11. The predicted molar refractivity (Wildman–Crippen MR) is 108 cm³/mol. The lowest BCUT2D eigenvalue weighted by molar-refractivity contribution is -0.150. The molecule has 0 aromatic heterocycles. The summed E-state index contributed by atoms with van der Waals surface area (Å²) in [4.78, 5) is 22.9. The molecule has 0 saturated heterocycles. The first-order valence-electron chi connectivity index (χ1n) is 9.39. The van der Waals surface area contributed by atoms with Gasteiger partial charge in [-0.25, -0.2) is 5.84 Å². The summed E-state index contributed by atoms with van der Waals surface area (Å²) in [7, 11) is 0. The van der Waals surface area contributed by atoms with Crippen molar-refractivity contribution >= 4 is 23.6 Å². The lowest BCUT2D eigenvalue weighted by Crippen LogP contribution is -2.32. The van der Waals surface area contributed by atoms with E-state index in [0.717, 1.165) is 28.5 Å². The maximum atomic E-state index is 12.3. The molecule has 2 aromatic rings. The number of benzene rings is 2. The van der Waals surface area contributed by atoms with Crippen molar-refractivity contribution in [2.45, 2.75) is 32.3 Å². The van der Waals surface area contributed by atoms with E-state index in [9.17, 15) is 9.59 Å². The van der Waals surface area contributed by atoms with E-state index in [-0.39, 0.29) is 12.8 Å². The first-order valence-corrected chi connectivity index (χ1v) is 9.39. The fourth-order valence-electron chi connectivity index (χ4n) is 3.50. The van der Waals surface area contributed by atoms with Crippen molar-refractivity contribution < 1.29 is 14.3 Å². The van der Waals surface area contributed by atoms with Crippen LogP contribution in [0.5, 0.6) is 0 Å². The molecule has 1 atom stereocenters. The van der Waals surface area contributed by atoms with Crippen LogP contribution in [0.4, 0.5) is 0 Å². The van der Waals surface area contributed by atoms with Gasteiger partial charge in [-0.2, -0.15) is 0 Å². The number of ether oxygens (including phenoxy) is 1. The average molecular weight is 379 g/mol. The van der Waals surface area contributed by atoms with Gasteiger partial charge in [0.2, 0.25) is 0 Å². The largest absolute Gasteiger partial charge is 0.457 e. The van der Waals surface area contributed by atoms with Gasteiger partial charge in [0.25, 0.3) is 0 Å². The molecule has 6 nitrogen and oxygen atoms in total. The van der Waals surface area contributed by atoms with Crippen LogP contribution in [0.15, 0.2) is 48.5 Å². The Morgan fingerprint density at radius 3 is 2.57 bits per heavy atom. The van der Waals surface area contributed by atoms with Gasteiger partial charge >= 0.3 is 5.97 Å². The maximum absolute atomic E-state index is 12.3. The molecule has 0 saturated carbocycles. The lowest BCUT2D eigenvalue weighted by Gasteiger charge is -2.30. The van der Waals surface area contributed by atoms with Gasteiger partial charge in [0, 0.05) is 36.1 Å². The molecule has 0 heterocycles. The number of hydrogen-bond acceptors (Lipinski definition) is 6. The summed E-state index contributed by atoms with van der Waals surface area (Å²) in [5.41, 5.74) is 11.4. The Balaban J connectivity index is 2.17. The second kappa shape index (κ2) is 8.71. The quantitative estimate of drug-likeness (QED) is 0.347. The number of esters is 1. The van der Waals surface area contributed by atoms with Crippen molar-refractivity contribution in [1.82, 2.24) is 5.01 Å². The van der Waals surface area contributed by atoms with Crippen LogP contribution in [0.2, 0.25) is 0 Å². The van der Waals surface area contributed by atoms with Crippen LogP contribution < -0.4 is 11.6 Å². The van der Waals surface area contributed by atoms with E-state index in [0.29, 0.717) is 24.4 Å². The zero-order chi connectivity index (χ0) is 20.1. The monoisotopic (exact) mass is 379 g/mol. The van der Waals surface area contributed by atoms with Gasteiger partial charge in [-0.05, 0) is 12.5 Å². The highest BCUT2D eigenvalue weighted by molar-refractivity contribution is 5.90. The van der Waals surface area contributed by atoms with E-state index < -0.39 is 12.1 Å². The van der Waals surface area contributed by atoms with Crippen LogP contribution in [-0.2, 0) is 20.7 Å². The Morgan fingerprint density at radius 1 is 1.18 bits per heavy atom. The number of fused-ring (bicyclic) bond motifs is 2. The van der Waals surface area contributed by atoms with Crippen LogP contribution >= 0.6 is 0 Å². The topological polar surface area (TPSA) is 98.7 Å². The molecule has 0 fully saturated rings. The second-order valence-electron chi connectivity index (χ2n) is 6.68. The highest BCUT2D eigenvalue weighted by atomic mass is 16.5. The SMILES string of the molecule is CCN(N)/C1=C(\N)c2ccccc2CC(OC(=O)CCC=O)c2ccccc21. The average Bonchev–Trinajstić information content (AvgIpc) is 2.71. The molecule has 0 bridgehead atoms. The van der Waals surface area contributed by atoms with Gasteiger partial charge in [-0.1, -0.05) is 48.5 Å². The zero-order valence-electron chi connectivity index (χ0n) is 15.9. The first kappa shape index (κ1) is 19.6. The summed E-state index contributed by atoms with van der Waals surface area (Å²) in [6, 6.07) is 15.5. The van der Waals surface area contributed by atoms with Gasteiger partial charge in [0.05, 0.1) is 17.8 Å². The van der Waals surface area contributed by atoms with Crippen LogP contribution in [0, 0.1) is 0 Å². The Hall–Kier alpha value is -3.12. The van der Waals surface area contributed by atoms with Gasteiger partial charge in [0.15, 0.2) is 0 Å². The van der Waals surface area contributed by atoms with Crippen molar-refractivity contribution in [3.05, 3.63) is 70.8 Å². The van der Waals surface area contributed by atoms with Gasteiger partial charge in [-0.3, -0.25) is 4.79 Å². The smallest absolute Gasteiger partial charge is 0.306 e. The van der Waals surface area contributed by atoms with Crippen LogP contribution in [0.25, 0.3) is 11.4 Å². The Labute approximate surface area is 164 Å². The van der Waals surface area contributed by atoms with Crippen LogP contribution in [0.1, 0.15) is 48.1 Å². The van der Waals surface area contributed by atoms with Crippen molar-refractivity contribution in [2.75, 3.05) is 6.54 Å². The van der Waals surface area contributed by atoms with E-state index in [4.69, 9.17) is 16.3 Å². The summed E-state index contributed by atoms with van der Waals surface area (Å²) in [6.45, 7) is 2.51. The maximum Gasteiger partial charge on any atom is 0.306 e. The van der Waals surface area contributed by atoms with Gasteiger partial charge in [0.1, 0.15) is 12.4 Å². The molecule has 3 rings (SSSR count). The fraction of sp³-hybridized carbons (Fsp3) is 0.273. The molecule has 2 aromatic carbocycles. The Morgan fingerprint density at radius 2 is 1.86 bits per heavy atom. The summed E-state index contributed by atoms with van der Waals surface area (Å²) >= 11 is 0. The minimum atomic E-state index is -0.496. The molecule has 0 radical (unpaired) electrons. The molecule has 0 spiro atoms. The molecule has 6 heteroatoms. The summed E-state index contributed by atoms with van der Waals surface area (Å²) in [5, 5.41) is 1.61. The summed E-state index contributed by atoms with van der Waals surface area (Å²) in [6.07, 6.45) is 0.924. The number of hydrogen-bond donors (Lipinski definition) is 2. The number of nitrogens with two attached hydrogens (primary N) is 2. The van der Waals surface area contributed by atoms with E-state index >= 15 is 0 Å². The fourth-order valence-corrected chi connectivity index (χ4v) is 3.50. The number of carbonyl (C=O) groups is 2. The second-order valence-corrected chi connectivity index (χ2v) is 6.68. The van der Waals surface area contributed by atoms with Crippen molar-refractivity contribution in [3.63, 3.8) is 0 Å². The molecular weight excluding hydrogens is 354 g/mol. The Bertz CT molecular complexity index is 907. The number of rotatable bonds is 6.